The van der Waals surface area contributed by atoms with Crippen LogP contribution < -0.4 is 20.7 Å². The van der Waals surface area contributed by atoms with Crippen LogP contribution in [0.1, 0.15) is 21.5 Å². The highest BCUT2D eigenvalue weighted by atomic mass is 35.6. The Balaban J connectivity index is 2.08. The van der Waals surface area contributed by atoms with E-state index in [0.29, 0.717) is 11.3 Å². The second kappa shape index (κ2) is 9.65. The average molecular weight is 461 g/mol. The van der Waals surface area contributed by atoms with Gasteiger partial charge >= 0.3 is 0 Å². The molecule has 1 unspecified atom stereocenters. The Kier molecular flexibility index (Phi) is 7.78. The highest BCUT2D eigenvalue weighted by Gasteiger charge is 2.35. The van der Waals surface area contributed by atoms with E-state index in [-0.39, 0.29) is 5.11 Å². The van der Waals surface area contributed by atoms with E-state index in [4.69, 9.17) is 51.8 Å². The van der Waals surface area contributed by atoms with E-state index >= 15 is 0 Å². The fourth-order valence-corrected chi connectivity index (χ4v) is 2.96. The molecule has 0 saturated heterocycles. The highest BCUT2D eigenvalue weighted by Crippen LogP contribution is 2.29. The maximum absolute atomic E-state index is 12.5. The fraction of sp³-hybridized carbons (Fsp3) is 0.263. The van der Waals surface area contributed by atoms with Gasteiger partial charge in [0, 0.05) is 11.3 Å². The molecule has 2 aromatic carbocycles. The maximum Gasteiger partial charge on any atom is 0.252 e. The lowest BCUT2D eigenvalue weighted by Crippen LogP contribution is -2.56. The summed E-state index contributed by atoms with van der Waals surface area (Å²) in [4.78, 5) is 12.5. The van der Waals surface area contributed by atoms with Crippen molar-refractivity contribution in [2.45, 2.75) is 23.8 Å². The third-order valence-corrected chi connectivity index (χ3v) is 4.74. The molecule has 1 amide bonds. The van der Waals surface area contributed by atoms with Crippen LogP contribution in [-0.2, 0) is 0 Å². The van der Waals surface area contributed by atoms with Gasteiger partial charge < -0.3 is 20.7 Å². The van der Waals surface area contributed by atoms with E-state index in [2.05, 4.69) is 16.0 Å². The molecule has 2 rings (SSSR count). The standard InChI is InChI=1S/C19H20Cl3N3O2S/c1-11-4-9-15(12(2)10-11)23-18(28)25-17(19(20,21)22)24-16(26)13-5-7-14(27-3)8-6-13/h4-10,17H,1-3H3,(H,24,26)(H2,23,25,28). The Hall–Kier alpha value is -1.73. The Labute approximate surface area is 184 Å². The topological polar surface area (TPSA) is 62.4 Å². The van der Waals surface area contributed by atoms with Crippen molar-refractivity contribution >= 4 is 63.7 Å². The number of alkyl halides is 3. The number of thiocarbonyl (C=S) groups is 1. The fourth-order valence-electron chi connectivity index (χ4n) is 2.40. The Bertz CT molecular complexity index is 854. The van der Waals surface area contributed by atoms with Crippen molar-refractivity contribution in [2.75, 3.05) is 12.4 Å². The highest BCUT2D eigenvalue weighted by molar-refractivity contribution is 7.80. The van der Waals surface area contributed by atoms with Crippen LogP contribution in [0, 0.1) is 13.8 Å². The maximum atomic E-state index is 12.5. The summed E-state index contributed by atoms with van der Waals surface area (Å²) in [6.45, 7) is 3.96. The number of hydrogen-bond donors (Lipinski definition) is 3. The zero-order valence-electron chi connectivity index (χ0n) is 15.5. The summed E-state index contributed by atoms with van der Waals surface area (Å²) >= 11 is 23.4. The molecule has 0 bridgehead atoms. The van der Waals surface area contributed by atoms with Gasteiger partial charge in [0.2, 0.25) is 3.79 Å². The molecular formula is C19H20Cl3N3O2S. The molecule has 0 fully saturated rings. The van der Waals surface area contributed by atoms with Gasteiger partial charge in [-0.25, -0.2) is 0 Å². The molecule has 0 aliphatic carbocycles. The van der Waals surface area contributed by atoms with Gasteiger partial charge in [0.15, 0.2) is 5.11 Å². The summed E-state index contributed by atoms with van der Waals surface area (Å²) in [5, 5.41) is 8.73. The molecule has 2 aromatic rings. The number of hydrogen-bond acceptors (Lipinski definition) is 3. The number of nitrogens with one attached hydrogen (secondary N) is 3. The van der Waals surface area contributed by atoms with Crippen molar-refractivity contribution in [1.82, 2.24) is 10.6 Å². The molecule has 0 aliphatic heterocycles. The van der Waals surface area contributed by atoms with Crippen molar-refractivity contribution in [2.24, 2.45) is 0 Å². The summed E-state index contributed by atoms with van der Waals surface area (Å²) in [5.74, 6) is 0.201. The molecule has 0 radical (unpaired) electrons. The number of ether oxygens (including phenoxy) is 1. The molecule has 0 aliphatic rings. The number of carbonyl (C=O) groups is 1. The Morgan fingerprint density at radius 2 is 1.71 bits per heavy atom. The van der Waals surface area contributed by atoms with Crippen LogP contribution in [0.5, 0.6) is 5.75 Å². The normalized spacial score (nSPS) is 12.1. The first-order valence-electron chi connectivity index (χ1n) is 8.26. The zero-order valence-corrected chi connectivity index (χ0v) is 18.6. The quantitative estimate of drug-likeness (QED) is 0.342. The van der Waals surface area contributed by atoms with E-state index in [1.54, 1.807) is 31.4 Å². The molecular weight excluding hydrogens is 441 g/mol. The first kappa shape index (κ1) is 22.6. The summed E-state index contributed by atoms with van der Waals surface area (Å²) in [5.41, 5.74) is 3.34. The Morgan fingerprint density at radius 1 is 1.07 bits per heavy atom. The lowest BCUT2D eigenvalue weighted by Gasteiger charge is -2.28. The number of aryl methyl sites for hydroxylation is 2. The predicted molar refractivity (Wildman–Crippen MR) is 120 cm³/mol. The summed E-state index contributed by atoms with van der Waals surface area (Å²) in [7, 11) is 1.54. The van der Waals surface area contributed by atoms with Gasteiger partial charge in [-0.15, -0.1) is 0 Å². The smallest absolute Gasteiger partial charge is 0.252 e. The number of benzene rings is 2. The molecule has 5 nitrogen and oxygen atoms in total. The molecule has 0 saturated carbocycles. The predicted octanol–water partition coefficient (Wildman–Crippen LogP) is 4.72. The van der Waals surface area contributed by atoms with Crippen LogP contribution in [0.2, 0.25) is 0 Å². The lowest BCUT2D eigenvalue weighted by molar-refractivity contribution is 0.0934. The molecule has 9 heteroatoms. The average Bonchev–Trinajstić information content (AvgIpc) is 2.62. The molecule has 28 heavy (non-hydrogen) atoms. The third-order valence-electron chi connectivity index (χ3n) is 3.86. The minimum absolute atomic E-state index is 0.207. The number of anilines is 1. The number of carbonyl (C=O) groups excluding carboxylic acids is 1. The number of rotatable bonds is 5. The first-order chi connectivity index (χ1) is 13.1. The van der Waals surface area contributed by atoms with Crippen LogP contribution in [0.3, 0.4) is 0 Å². The number of halogens is 3. The molecule has 3 N–H and O–H groups in total. The van der Waals surface area contributed by atoms with Gasteiger partial charge in [-0.3, -0.25) is 4.79 Å². The van der Waals surface area contributed by atoms with Gasteiger partial charge in [0.05, 0.1) is 7.11 Å². The van der Waals surface area contributed by atoms with Crippen LogP contribution >= 0.6 is 47.0 Å². The summed E-state index contributed by atoms with van der Waals surface area (Å²) in [6.07, 6.45) is -1.06. The first-order valence-corrected chi connectivity index (χ1v) is 9.81. The molecule has 1 atom stereocenters. The number of amides is 1. The van der Waals surface area contributed by atoms with Crippen molar-refractivity contribution < 1.29 is 9.53 Å². The second-order valence-electron chi connectivity index (χ2n) is 6.09. The summed E-state index contributed by atoms with van der Waals surface area (Å²) < 4.78 is 3.24. The van der Waals surface area contributed by atoms with Gasteiger partial charge in [0.1, 0.15) is 11.9 Å². The largest absolute Gasteiger partial charge is 0.497 e. The van der Waals surface area contributed by atoms with E-state index < -0.39 is 15.9 Å². The molecule has 0 heterocycles. The molecule has 0 spiro atoms. The van der Waals surface area contributed by atoms with Crippen molar-refractivity contribution in [3.05, 3.63) is 59.2 Å². The molecule has 150 valence electrons. The van der Waals surface area contributed by atoms with Crippen molar-refractivity contribution in [3.8, 4) is 5.75 Å². The van der Waals surface area contributed by atoms with Crippen LogP contribution in [-0.4, -0.2) is 28.1 Å². The van der Waals surface area contributed by atoms with E-state index in [0.717, 1.165) is 16.8 Å². The van der Waals surface area contributed by atoms with Crippen LogP contribution in [0.25, 0.3) is 0 Å². The van der Waals surface area contributed by atoms with E-state index in [1.807, 2.05) is 32.0 Å². The molecule has 0 aromatic heterocycles. The van der Waals surface area contributed by atoms with Crippen LogP contribution in [0.4, 0.5) is 5.69 Å². The van der Waals surface area contributed by atoms with Gasteiger partial charge in [-0.2, -0.15) is 0 Å². The van der Waals surface area contributed by atoms with E-state index in [9.17, 15) is 4.79 Å². The minimum Gasteiger partial charge on any atom is -0.497 e. The van der Waals surface area contributed by atoms with Gasteiger partial charge in [-0.1, -0.05) is 52.5 Å². The SMILES string of the molecule is COc1ccc(C(=O)NC(NC(=S)Nc2ccc(C)cc2C)C(Cl)(Cl)Cl)cc1. The lowest BCUT2D eigenvalue weighted by atomic mass is 10.1. The van der Waals surface area contributed by atoms with Crippen molar-refractivity contribution in [1.29, 1.82) is 0 Å². The zero-order chi connectivity index (χ0) is 20.9. The second-order valence-corrected chi connectivity index (χ2v) is 8.87. The Morgan fingerprint density at radius 3 is 2.25 bits per heavy atom. The van der Waals surface area contributed by atoms with Gasteiger partial charge in [0.25, 0.3) is 5.91 Å². The minimum atomic E-state index is -1.84. The van der Waals surface area contributed by atoms with E-state index in [1.165, 1.54) is 0 Å². The van der Waals surface area contributed by atoms with Crippen molar-refractivity contribution in [3.63, 3.8) is 0 Å². The van der Waals surface area contributed by atoms with Crippen LogP contribution in [0.15, 0.2) is 42.5 Å². The third kappa shape index (κ3) is 6.41. The summed E-state index contributed by atoms with van der Waals surface area (Å²) in [6, 6.07) is 12.4. The van der Waals surface area contributed by atoms with Gasteiger partial charge in [-0.05, 0) is 62.0 Å². The number of methoxy groups -OCH3 is 1. The monoisotopic (exact) mass is 459 g/mol.